The van der Waals surface area contributed by atoms with E-state index >= 15 is 0 Å². The van der Waals surface area contributed by atoms with Crippen LogP contribution in [0.3, 0.4) is 0 Å². The van der Waals surface area contributed by atoms with Crippen molar-refractivity contribution in [2.75, 3.05) is 10.8 Å². The van der Waals surface area contributed by atoms with Crippen molar-refractivity contribution in [3.8, 4) is 5.69 Å². The first-order valence-corrected chi connectivity index (χ1v) is 14.3. The molecule has 38 heavy (non-hydrogen) atoms. The average Bonchev–Trinajstić information content (AvgIpc) is 3.16. The quantitative estimate of drug-likeness (QED) is 0.191. The molecule has 7 nitrogen and oxygen atoms in total. The maximum atomic E-state index is 13.5. The van der Waals surface area contributed by atoms with E-state index in [4.69, 9.17) is 11.6 Å². The van der Waals surface area contributed by atoms with Crippen molar-refractivity contribution in [1.82, 2.24) is 9.99 Å². The molecule has 1 N–H and O–H groups in total. The molecule has 0 aliphatic rings. The van der Waals surface area contributed by atoms with E-state index in [0.717, 1.165) is 31.4 Å². The van der Waals surface area contributed by atoms with Gasteiger partial charge in [-0.3, -0.25) is 9.10 Å². The van der Waals surface area contributed by atoms with Crippen LogP contribution in [0.1, 0.15) is 22.5 Å². The number of anilines is 1. The molecule has 0 atom stereocenters. The Bertz CT molecular complexity index is 1600. The van der Waals surface area contributed by atoms with Crippen LogP contribution in [0.15, 0.2) is 93.3 Å². The third-order valence-corrected chi connectivity index (χ3v) is 8.53. The first kappa shape index (κ1) is 27.6. The van der Waals surface area contributed by atoms with E-state index < -0.39 is 22.5 Å². The van der Waals surface area contributed by atoms with Gasteiger partial charge in [0.1, 0.15) is 6.54 Å². The molecule has 4 aromatic rings. The largest absolute Gasteiger partial charge is 0.318 e. The fraction of sp³-hybridized carbons (Fsp3) is 0.143. The highest BCUT2D eigenvalue weighted by Gasteiger charge is 2.28. The van der Waals surface area contributed by atoms with E-state index in [1.807, 2.05) is 44.2 Å². The number of hydrogen-bond acceptors (Lipinski definition) is 4. The van der Waals surface area contributed by atoms with Gasteiger partial charge >= 0.3 is 0 Å². The van der Waals surface area contributed by atoms with Crippen LogP contribution in [0.5, 0.6) is 0 Å². The summed E-state index contributed by atoms with van der Waals surface area (Å²) in [6, 6.07) is 22.7. The van der Waals surface area contributed by atoms with E-state index in [9.17, 15) is 13.2 Å². The van der Waals surface area contributed by atoms with E-state index in [-0.39, 0.29) is 4.90 Å². The van der Waals surface area contributed by atoms with Gasteiger partial charge in [-0.1, -0.05) is 45.7 Å². The van der Waals surface area contributed by atoms with Crippen LogP contribution in [-0.2, 0) is 14.8 Å². The van der Waals surface area contributed by atoms with Crippen LogP contribution in [0.2, 0.25) is 5.02 Å². The van der Waals surface area contributed by atoms with Crippen LogP contribution in [0, 0.1) is 20.8 Å². The van der Waals surface area contributed by atoms with Crippen LogP contribution in [0.4, 0.5) is 5.69 Å². The molecule has 0 unspecified atom stereocenters. The third-order valence-electron chi connectivity index (χ3n) is 5.99. The van der Waals surface area contributed by atoms with Crippen molar-refractivity contribution in [2.45, 2.75) is 25.7 Å². The Kier molecular flexibility index (Phi) is 8.40. The van der Waals surface area contributed by atoms with Crippen molar-refractivity contribution in [3.63, 3.8) is 0 Å². The van der Waals surface area contributed by atoms with Crippen molar-refractivity contribution >= 4 is 55.4 Å². The zero-order chi connectivity index (χ0) is 27.4. The molecule has 196 valence electrons. The van der Waals surface area contributed by atoms with Gasteiger partial charge in [0.05, 0.1) is 16.8 Å². The van der Waals surface area contributed by atoms with E-state index in [1.54, 1.807) is 49.5 Å². The zero-order valence-electron chi connectivity index (χ0n) is 21.0. The van der Waals surface area contributed by atoms with Gasteiger partial charge in [-0.05, 0) is 87.0 Å². The molecule has 1 heterocycles. The van der Waals surface area contributed by atoms with Gasteiger partial charge in [0.25, 0.3) is 15.9 Å². The number of hydrogen-bond donors (Lipinski definition) is 1. The molecule has 0 saturated heterocycles. The second-order valence-corrected chi connectivity index (χ2v) is 11.9. The van der Waals surface area contributed by atoms with Crippen molar-refractivity contribution in [2.24, 2.45) is 5.10 Å². The minimum Gasteiger partial charge on any atom is -0.318 e. The van der Waals surface area contributed by atoms with E-state index in [2.05, 4.69) is 31.0 Å². The van der Waals surface area contributed by atoms with E-state index in [0.29, 0.717) is 16.3 Å². The summed E-state index contributed by atoms with van der Waals surface area (Å²) in [6.07, 6.45) is 1.55. The smallest absolute Gasteiger partial charge is 0.264 e. The van der Waals surface area contributed by atoms with Crippen molar-refractivity contribution < 1.29 is 13.2 Å². The Morgan fingerprint density at radius 2 is 1.71 bits per heavy atom. The second kappa shape index (κ2) is 11.6. The molecule has 0 fully saturated rings. The maximum absolute atomic E-state index is 13.5. The zero-order valence-corrected chi connectivity index (χ0v) is 24.2. The lowest BCUT2D eigenvalue weighted by Crippen LogP contribution is -2.40. The standard InChI is InChI=1S/C28H26BrClN4O3S/c1-19-15-24(30)11-14-27(19)33(38(36,37)26-7-5-4-6-8-26)18-28(35)32-31-17-22-16-20(2)34(21(22)3)25-12-9-23(29)10-13-25/h4-17H,18H2,1-3H3,(H,32,35)/b31-17+. The van der Waals surface area contributed by atoms with Gasteiger partial charge in [-0.25, -0.2) is 13.8 Å². The lowest BCUT2D eigenvalue weighted by molar-refractivity contribution is -0.119. The van der Waals surface area contributed by atoms with Gasteiger partial charge in [0, 0.05) is 32.1 Å². The minimum absolute atomic E-state index is 0.0750. The van der Waals surface area contributed by atoms with Gasteiger partial charge < -0.3 is 4.57 Å². The molecular formula is C28H26BrClN4O3S. The monoisotopic (exact) mass is 612 g/mol. The predicted octanol–water partition coefficient (Wildman–Crippen LogP) is 6.16. The number of carbonyl (C=O) groups is 1. The van der Waals surface area contributed by atoms with Crippen molar-refractivity contribution in [1.29, 1.82) is 0 Å². The summed E-state index contributed by atoms with van der Waals surface area (Å²) in [5.41, 5.74) is 7.24. The van der Waals surface area contributed by atoms with Crippen LogP contribution in [-0.4, -0.2) is 31.7 Å². The number of carbonyl (C=O) groups excluding carboxylic acids is 1. The number of halogens is 2. The van der Waals surface area contributed by atoms with Crippen LogP contribution >= 0.6 is 27.5 Å². The van der Waals surface area contributed by atoms with Gasteiger partial charge in [-0.2, -0.15) is 5.10 Å². The van der Waals surface area contributed by atoms with Crippen molar-refractivity contribution in [3.05, 3.63) is 111 Å². The van der Waals surface area contributed by atoms with Gasteiger partial charge in [0.15, 0.2) is 0 Å². The molecule has 4 rings (SSSR count). The number of nitrogens with zero attached hydrogens (tertiary/aromatic N) is 3. The highest BCUT2D eigenvalue weighted by Crippen LogP contribution is 2.29. The first-order chi connectivity index (χ1) is 18.1. The summed E-state index contributed by atoms with van der Waals surface area (Å²) in [6.45, 7) is 5.24. The topological polar surface area (TPSA) is 83.8 Å². The minimum atomic E-state index is -4.03. The number of hydrazone groups is 1. The number of sulfonamides is 1. The summed E-state index contributed by atoms with van der Waals surface area (Å²) in [7, 11) is -4.03. The number of rotatable bonds is 8. The summed E-state index contributed by atoms with van der Waals surface area (Å²) in [5, 5.41) is 4.59. The Balaban J connectivity index is 1.56. The summed E-state index contributed by atoms with van der Waals surface area (Å²) >= 11 is 9.54. The molecule has 0 aliphatic heterocycles. The number of amides is 1. The fourth-order valence-corrected chi connectivity index (χ4v) is 6.16. The van der Waals surface area contributed by atoms with Gasteiger partial charge in [-0.15, -0.1) is 0 Å². The molecule has 0 aliphatic carbocycles. The Labute approximate surface area is 235 Å². The number of benzene rings is 3. The molecule has 0 spiro atoms. The molecule has 3 aromatic carbocycles. The molecular weight excluding hydrogens is 588 g/mol. The number of aromatic nitrogens is 1. The SMILES string of the molecule is Cc1cc(Cl)ccc1N(CC(=O)N/N=C/c1cc(C)n(-c2ccc(Br)cc2)c1C)S(=O)(=O)c1ccccc1. The Hall–Kier alpha value is -3.40. The molecule has 10 heteroatoms. The summed E-state index contributed by atoms with van der Waals surface area (Å²) < 4.78 is 31.2. The molecule has 1 aromatic heterocycles. The predicted molar refractivity (Wildman–Crippen MR) is 156 cm³/mol. The Morgan fingerprint density at radius 3 is 2.37 bits per heavy atom. The highest BCUT2D eigenvalue weighted by atomic mass is 79.9. The van der Waals surface area contributed by atoms with Gasteiger partial charge in [0.2, 0.25) is 0 Å². The highest BCUT2D eigenvalue weighted by molar-refractivity contribution is 9.10. The fourth-order valence-electron chi connectivity index (χ4n) is 4.16. The maximum Gasteiger partial charge on any atom is 0.264 e. The summed E-state index contributed by atoms with van der Waals surface area (Å²) in [4.78, 5) is 13.0. The van der Waals surface area contributed by atoms with E-state index in [1.165, 1.54) is 12.1 Å². The normalized spacial score (nSPS) is 11.6. The lowest BCUT2D eigenvalue weighted by Gasteiger charge is -2.25. The Morgan fingerprint density at radius 1 is 1.03 bits per heavy atom. The lowest BCUT2D eigenvalue weighted by atomic mass is 10.2. The van der Waals surface area contributed by atoms with Crippen LogP contribution < -0.4 is 9.73 Å². The third kappa shape index (κ3) is 6.01. The molecule has 1 amide bonds. The summed E-state index contributed by atoms with van der Waals surface area (Å²) in [5.74, 6) is -0.586. The molecule has 0 radical (unpaired) electrons. The van der Waals surface area contributed by atoms with Crippen LogP contribution in [0.25, 0.3) is 5.69 Å². The number of nitrogens with one attached hydrogen (secondary N) is 1. The second-order valence-electron chi connectivity index (χ2n) is 8.69. The molecule has 0 saturated carbocycles. The average molecular weight is 614 g/mol. The number of aryl methyl sites for hydroxylation is 2. The molecule has 0 bridgehead atoms. The first-order valence-electron chi connectivity index (χ1n) is 11.7.